The fourth-order valence-corrected chi connectivity index (χ4v) is 2.24. The summed E-state index contributed by atoms with van der Waals surface area (Å²) in [5.41, 5.74) is 0.704. The van der Waals surface area contributed by atoms with E-state index in [2.05, 4.69) is 20.9 Å². The van der Waals surface area contributed by atoms with E-state index in [0.717, 1.165) is 5.69 Å². The minimum atomic E-state index is -0.538. The van der Waals surface area contributed by atoms with E-state index in [9.17, 15) is 14.4 Å². The third kappa shape index (κ3) is 3.12. The van der Waals surface area contributed by atoms with Gasteiger partial charge in [0.05, 0.1) is 19.3 Å². The average molecular weight is 332 g/mol. The van der Waals surface area contributed by atoms with Crippen LogP contribution in [0, 0.1) is 6.92 Å². The fourth-order valence-electron chi connectivity index (χ4n) is 2.24. The first kappa shape index (κ1) is 15.7. The van der Waals surface area contributed by atoms with E-state index < -0.39 is 12.0 Å². The number of hydrogen-bond donors (Lipinski definition) is 2. The summed E-state index contributed by atoms with van der Waals surface area (Å²) in [6.45, 7) is 2.45. The molecule has 0 spiro atoms. The highest BCUT2D eigenvalue weighted by atomic mass is 16.6. The number of anilines is 1. The first-order valence-electron chi connectivity index (χ1n) is 7.26. The standard InChI is InChI=1S/C14H16N6O4/c1-8-3-4-10(13(22)19(8)2)16-12(21)11-7-20(18-17-11)6-9-5-15-14(23)24-9/h3-4,7,9H,5-6H2,1-2H3,(H,15,23)(H,16,21). The second kappa shape index (κ2) is 6.14. The molecule has 24 heavy (non-hydrogen) atoms. The summed E-state index contributed by atoms with van der Waals surface area (Å²) in [4.78, 5) is 35.2. The van der Waals surface area contributed by atoms with E-state index in [1.165, 1.54) is 15.4 Å². The fraction of sp³-hybridized carbons (Fsp3) is 0.357. The number of nitrogens with one attached hydrogen (secondary N) is 2. The molecule has 3 heterocycles. The second-order valence-electron chi connectivity index (χ2n) is 5.44. The van der Waals surface area contributed by atoms with Crippen LogP contribution in [-0.2, 0) is 18.3 Å². The Balaban J connectivity index is 1.69. The Bertz CT molecular complexity index is 855. The maximum atomic E-state index is 12.2. The van der Waals surface area contributed by atoms with E-state index in [-0.39, 0.29) is 29.6 Å². The number of alkyl carbamates (subject to hydrolysis) is 1. The van der Waals surface area contributed by atoms with Gasteiger partial charge in [-0.25, -0.2) is 9.48 Å². The molecular weight excluding hydrogens is 316 g/mol. The van der Waals surface area contributed by atoms with Crippen LogP contribution in [0.3, 0.4) is 0 Å². The minimum Gasteiger partial charge on any atom is -0.442 e. The number of hydrogen-bond acceptors (Lipinski definition) is 6. The zero-order valence-corrected chi connectivity index (χ0v) is 13.1. The van der Waals surface area contributed by atoms with E-state index in [1.54, 1.807) is 26.1 Å². The molecular formula is C14H16N6O4. The molecule has 10 heteroatoms. The Morgan fingerprint density at radius 3 is 2.96 bits per heavy atom. The van der Waals surface area contributed by atoms with Crippen LogP contribution in [0.2, 0.25) is 0 Å². The first-order chi connectivity index (χ1) is 11.4. The molecule has 0 saturated carbocycles. The number of cyclic esters (lactones) is 1. The summed E-state index contributed by atoms with van der Waals surface area (Å²) in [6, 6.07) is 3.28. The number of aryl methyl sites for hydroxylation is 1. The summed E-state index contributed by atoms with van der Waals surface area (Å²) >= 11 is 0. The molecule has 1 aliphatic rings. The van der Waals surface area contributed by atoms with Crippen LogP contribution < -0.4 is 16.2 Å². The number of rotatable bonds is 4. The van der Waals surface area contributed by atoms with Crippen molar-refractivity contribution in [1.82, 2.24) is 24.9 Å². The van der Waals surface area contributed by atoms with Crippen LogP contribution in [0.25, 0.3) is 0 Å². The van der Waals surface area contributed by atoms with Crippen LogP contribution in [0.1, 0.15) is 16.2 Å². The SMILES string of the molecule is Cc1ccc(NC(=O)c2cn(CC3CNC(=O)O3)nn2)c(=O)n1C. The third-order valence-corrected chi connectivity index (χ3v) is 3.71. The molecule has 3 rings (SSSR count). The lowest BCUT2D eigenvalue weighted by atomic mass is 10.3. The maximum absolute atomic E-state index is 12.2. The van der Waals surface area contributed by atoms with Gasteiger partial charge in [0.25, 0.3) is 11.5 Å². The average Bonchev–Trinajstić information content (AvgIpc) is 3.17. The Morgan fingerprint density at radius 1 is 1.46 bits per heavy atom. The topological polar surface area (TPSA) is 120 Å². The Hall–Kier alpha value is -3.17. The van der Waals surface area contributed by atoms with Crippen LogP contribution in [0.4, 0.5) is 10.5 Å². The van der Waals surface area contributed by atoms with Gasteiger partial charge in [-0.1, -0.05) is 5.21 Å². The van der Waals surface area contributed by atoms with Crippen molar-refractivity contribution in [3.05, 3.63) is 40.1 Å². The van der Waals surface area contributed by atoms with Gasteiger partial charge in [-0.15, -0.1) is 5.10 Å². The normalized spacial score (nSPS) is 16.6. The quantitative estimate of drug-likeness (QED) is 0.789. The van der Waals surface area contributed by atoms with Gasteiger partial charge < -0.3 is 19.9 Å². The van der Waals surface area contributed by atoms with Crippen molar-refractivity contribution in [3.8, 4) is 0 Å². The molecule has 1 aliphatic heterocycles. The molecule has 0 radical (unpaired) electrons. The molecule has 2 amide bonds. The van der Waals surface area contributed by atoms with Gasteiger partial charge in [-0.3, -0.25) is 9.59 Å². The van der Waals surface area contributed by atoms with Gasteiger partial charge in [0.2, 0.25) is 0 Å². The predicted octanol–water partition coefficient (Wildman–Crippen LogP) is -0.354. The van der Waals surface area contributed by atoms with Gasteiger partial charge in [0.1, 0.15) is 11.8 Å². The molecule has 0 aromatic carbocycles. The van der Waals surface area contributed by atoms with Gasteiger partial charge in [-0.2, -0.15) is 0 Å². The van der Waals surface area contributed by atoms with Crippen LogP contribution >= 0.6 is 0 Å². The van der Waals surface area contributed by atoms with E-state index in [0.29, 0.717) is 6.54 Å². The lowest BCUT2D eigenvalue weighted by Gasteiger charge is -2.07. The molecule has 2 aromatic rings. The second-order valence-corrected chi connectivity index (χ2v) is 5.44. The highest BCUT2D eigenvalue weighted by Gasteiger charge is 2.23. The van der Waals surface area contributed by atoms with Gasteiger partial charge >= 0.3 is 6.09 Å². The summed E-state index contributed by atoms with van der Waals surface area (Å²) in [5.74, 6) is -0.538. The van der Waals surface area contributed by atoms with E-state index >= 15 is 0 Å². The molecule has 10 nitrogen and oxygen atoms in total. The summed E-state index contributed by atoms with van der Waals surface area (Å²) in [6.07, 6.45) is 0.591. The maximum Gasteiger partial charge on any atom is 0.407 e. The van der Waals surface area contributed by atoms with Crippen molar-refractivity contribution in [1.29, 1.82) is 0 Å². The molecule has 1 fully saturated rings. The number of carbonyl (C=O) groups is 2. The molecule has 126 valence electrons. The summed E-state index contributed by atoms with van der Waals surface area (Å²) in [7, 11) is 1.63. The van der Waals surface area contributed by atoms with Gasteiger partial charge in [-0.05, 0) is 19.1 Å². The van der Waals surface area contributed by atoms with Crippen LogP contribution in [0.5, 0.6) is 0 Å². The highest BCUT2D eigenvalue weighted by Crippen LogP contribution is 2.06. The van der Waals surface area contributed by atoms with Crippen molar-refractivity contribution in [2.75, 3.05) is 11.9 Å². The summed E-state index contributed by atoms with van der Waals surface area (Å²) in [5, 5.41) is 12.7. The van der Waals surface area contributed by atoms with Crippen molar-refractivity contribution in [2.24, 2.45) is 7.05 Å². The molecule has 2 N–H and O–H groups in total. The molecule has 0 aliphatic carbocycles. The van der Waals surface area contributed by atoms with Crippen molar-refractivity contribution < 1.29 is 14.3 Å². The third-order valence-electron chi connectivity index (χ3n) is 3.71. The lowest BCUT2D eigenvalue weighted by Crippen LogP contribution is -2.25. The van der Waals surface area contributed by atoms with Crippen LogP contribution in [0.15, 0.2) is 23.1 Å². The molecule has 1 atom stereocenters. The Kier molecular flexibility index (Phi) is 4.02. The molecule has 1 saturated heterocycles. The Labute approximate surface area is 136 Å². The smallest absolute Gasteiger partial charge is 0.407 e. The highest BCUT2D eigenvalue weighted by molar-refractivity contribution is 6.02. The number of pyridine rings is 1. The van der Waals surface area contributed by atoms with Gasteiger partial charge in [0, 0.05) is 12.7 Å². The van der Waals surface area contributed by atoms with Crippen molar-refractivity contribution in [2.45, 2.75) is 19.6 Å². The lowest BCUT2D eigenvalue weighted by molar-refractivity contribution is 0.102. The molecule has 2 aromatic heterocycles. The van der Waals surface area contributed by atoms with E-state index in [4.69, 9.17) is 4.74 Å². The predicted molar refractivity (Wildman–Crippen MR) is 82.7 cm³/mol. The number of aromatic nitrogens is 4. The number of ether oxygens (including phenoxy) is 1. The minimum absolute atomic E-state index is 0.0647. The van der Waals surface area contributed by atoms with Crippen LogP contribution in [-0.4, -0.2) is 44.2 Å². The first-order valence-corrected chi connectivity index (χ1v) is 7.26. The molecule has 0 bridgehead atoms. The van der Waals surface area contributed by atoms with Crippen molar-refractivity contribution >= 4 is 17.7 Å². The Morgan fingerprint density at radius 2 is 2.25 bits per heavy atom. The number of amides is 2. The zero-order chi connectivity index (χ0) is 17.3. The monoisotopic (exact) mass is 332 g/mol. The van der Waals surface area contributed by atoms with Crippen molar-refractivity contribution in [3.63, 3.8) is 0 Å². The van der Waals surface area contributed by atoms with E-state index in [1.807, 2.05) is 0 Å². The number of carbonyl (C=O) groups excluding carboxylic acids is 2. The molecule has 1 unspecified atom stereocenters. The summed E-state index contributed by atoms with van der Waals surface area (Å²) < 4.78 is 7.84. The van der Waals surface area contributed by atoms with Gasteiger partial charge in [0.15, 0.2) is 5.69 Å². The largest absolute Gasteiger partial charge is 0.442 e. The zero-order valence-electron chi connectivity index (χ0n) is 13.1. The number of nitrogens with zero attached hydrogens (tertiary/aromatic N) is 4.